The van der Waals surface area contributed by atoms with Gasteiger partial charge in [0.2, 0.25) is 0 Å². The van der Waals surface area contributed by atoms with Crippen molar-refractivity contribution in [2.24, 2.45) is 11.8 Å². The van der Waals surface area contributed by atoms with Crippen LogP contribution in [0.4, 0.5) is 0 Å². The normalized spacial score (nSPS) is 12.5. The number of carbonyl (C=O) groups is 2. The summed E-state index contributed by atoms with van der Waals surface area (Å²) in [7, 11) is 0. The monoisotopic (exact) mass is 364 g/mol. The Hall–Kier alpha value is -2.08. The van der Waals surface area contributed by atoms with Crippen LogP contribution in [0.5, 0.6) is 0 Å². The van der Waals surface area contributed by atoms with Gasteiger partial charge >= 0.3 is 11.9 Å². The molecule has 0 aliphatic carbocycles. The fourth-order valence-electron chi connectivity index (χ4n) is 2.34. The van der Waals surface area contributed by atoms with Gasteiger partial charge in [0.1, 0.15) is 13.2 Å². The van der Waals surface area contributed by atoms with E-state index in [9.17, 15) is 9.59 Å². The zero-order valence-electron chi connectivity index (χ0n) is 16.2. The molecule has 0 aromatic heterocycles. The molecule has 0 heterocycles. The van der Waals surface area contributed by atoms with E-state index in [1.807, 2.05) is 0 Å². The number of rotatable bonds is 15. The van der Waals surface area contributed by atoms with Gasteiger partial charge in [-0.05, 0) is 25.7 Å². The third-order valence-corrected chi connectivity index (χ3v) is 4.08. The highest BCUT2D eigenvalue weighted by Crippen LogP contribution is 2.11. The zero-order valence-corrected chi connectivity index (χ0v) is 16.2. The minimum atomic E-state index is -0.334. The summed E-state index contributed by atoms with van der Waals surface area (Å²) in [5.41, 5.74) is 0. The number of hydrogen-bond donors (Lipinski definition) is 0. The molecule has 0 saturated heterocycles. The van der Waals surface area contributed by atoms with Crippen LogP contribution in [0.15, 0.2) is 0 Å². The zero-order chi connectivity index (χ0) is 19.6. The molecule has 2 unspecified atom stereocenters. The van der Waals surface area contributed by atoms with Gasteiger partial charge in [-0.1, -0.05) is 39.5 Å². The van der Waals surface area contributed by atoms with Gasteiger partial charge in [0, 0.05) is 12.8 Å². The van der Waals surface area contributed by atoms with Gasteiger partial charge in [-0.2, -0.15) is 10.5 Å². The Morgan fingerprint density at radius 3 is 1.46 bits per heavy atom. The van der Waals surface area contributed by atoms with Crippen molar-refractivity contribution >= 4 is 11.9 Å². The predicted octanol–water partition coefficient (Wildman–Crippen LogP) is 4.29. The molecule has 0 aromatic carbocycles. The summed E-state index contributed by atoms with van der Waals surface area (Å²) < 4.78 is 10.2. The first-order chi connectivity index (χ1) is 12.6. The van der Waals surface area contributed by atoms with Crippen molar-refractivity contribution in [3.63, 3.8) is 0 Å². The molecule has 0 N–H and O–H groups in total. The molecule has 0 spiro atoms. The highest BCUT2D eigenvalue weighted by Gasteiger charge is 2.13. The third kappa shape index (κ3) is 13.2. The van der Waals surface area contributed by atoms with Gasteiger partial charge in [-0.25, -0.2) is 0 Å². The number of nitriles is 2. The first-order valence-electron chi connectivity index (χ1n) is 9.67. The Labute approximate surface area is 157 Å². The van der Waals surface area contributed by atoms with Crippen LogP contribution in [0, 0.1) is 34.5 Å². The van der Waals surface area contributed by atoms with E-state index in [2.05, 4.69) is 26.0 Å². The van der Waals surface area contributed by atoms with Gasteiger partial charge in [-0.3, -0.25) is 9.59 Å². The maximum Gasteiger partial charge on any atom is 0.305 e. The van der Waals surface area contributed by atoms with Crippen LogP contribution < -0.4 is 0 Å². The summed E-state index contributed by atoms with van der Waals surface area (Å²) in [6.07, 6.45) is 6.95. The molecule has 6 heteroatoms. The molecule has 0 amide bonds. The van der Waals surface area contributed by atoms with Crippen molar-refractivity contribution in [1.29, 1.82) is 10.5 Å². The molecular formula is C20H32N2O4. The van der Waals surface area contributed by atoms with E-state index in [1.54, 1.807) is 0 Å². The van der Waals surface area contributed by atoms with Crippen LogP contribution in [0.1, 0.15) is 78.1 Å². The van der Waals surface area contributed by atoms with Gasteiger partial charge in [0.25, 0.3) is 0 Å². The lowest BCUT2D eigenvalue weighted by Crippen LogP contribution is -2.14. The number of ether oxygens (including phenoxy) is 2. The van der Waals surface area contributed by atoms with Crippen molar-refractivity contribution in [2.75, 3.05) is 13.2 Å². The smallest absolute Gasteiger partial charge is 0.305 e. The molecule has 0 fully saturated rings. The summed E-state index contributed by atoms with van der Waals surface area (Å²) in [4.78, 5) is 23.3. The average Bonchev–Trinajstić information content (AvgIpc) is 2.65. The second kappa shape index (κ2) is 16.4. The lowest BCUT2D eigenvalue weighted by Gasteiger charge is -2.10. The van der Waals surface area contributed by atoms with E-state index in [4.69, 9.17) is 20.0 Å². The Bertz CT molecular complexity index is 435. The number of hydrogen-bond acceptors (Lipinski definition) is 6. The SMILES string of the molecule is CCCCC(C#N)COC(=O)CCCCC(=O)OCC(C#N)CCCC. The second-order valence-corrected chi connectivity index (χ2v) is 6.51. The molecule has 0 aliphatic heterocycles. The fourth-order valence-corrected chi connectivity index (χ4v) is 2.34. The Morgan fingerprint density at radius 2 is 1.15 bits per heavy atom. The number of unbranched alkanes of at least 4 members (excludes halogenated alkanes) is 3. The largest absolute Gasteiger partial charge is 0.464 e. The van der Waals surface area contributed by atoms with Gasteiger partial charge in [-0.15, -0.1) is 0 Å². The molecule has 0 radical (unpaired) electrons. The van der Waals surface area contributed by atoms with Crippen LogP contribution in [-0.2, 0) is 19.1 Å². The lowest BCUT2D eigenvalue weighted by molar-refractivity contribution is -0.146. The average molecular weight is 364 g/mol. The number of nitrogens with zero attached hydrogens (tertiary/aromatic N) is 2. The van der Waals surface area contributed by atoms with E-state index < -0.39 is 0 Å². The third-order valence-electron chi connectivity index (χ3n) is 4.08. The summed E-state index contributed by atoms with van der Waals surface area (Å²) in [5, 5.41) is 18.0. The summed E-state index contributed by atoms with van der Waals surface area (Å²) >= 11 is 0. The van der Waals surface area contributed by atoms with Gasteiger partial charge in [0.15, 0.2) is 0 Å². The van der Waals surface area contributed by atoms with Crippen molar-refractivity contribution in [2.45, 2.75) is 78.1 Å². The van der Waals surface area contributed by atoms with Crippen LogP contribution in [0.25, 0.3) is 0 Å². The first-order valence-corrected chi connectivity index (χ1v) is 9.67. The van der Waals surface area contributed by atoms with Gasteiger partial charge in [0.05, 0.1) is 24.0 Å². The highest BCUT2D eigenvalue weighted by atomic mass is 16.5. The summed E-state index contributed by atoms with van der Waals surface area (Å²) in [6.45, 7) is 4.39. The molecule has 0 saturated carbocycles. The molecule has 0 rings (SSSR count). The van der Waals surface area contributed by atoms with Crippen LogP contribution in [0.3, 0.4) is 0 Å². The molecule has 0 aliphatic rings. The molecule has 0 bridgehead atoms. The first kappa shape index (κ1) is 23.9. The van der Waals surface area contributed by atoms with E-state index in [1.165, 1.54) is 0 Å². The van der Waals surface area contributed by atoms with Crippen LogP contribution in [0.2, 0.25) is 0 Å². The van der Waals surface area contributed by atoms with Crippen LogP contribution >= 0.6 is 0 Å². The van der Waals surface area contributed by atoms with E-state index in [0.717, 1.165) is 38.5 Å². The minimum absolute atomic E-state index is 0.144. The van der Waals surface area contributed by atoms with E-state index >= 15 is 0 Å². The molecular weight excluding hydrogens is 332 g/mol. The molecule has 2 atom stereocenters. The molecule has 6 nitrogen and oxygen atoms in total. The summed E-state index contributed by atoms with van der Waals surface area (Å²) in [6, 6.07) is 4.31. The second-order valence-electron chi connectivity index (χ2n) is 6.51. The van der Waals surface area contributed by atoms with Crippen LogP contribution in [-0.4, -0.2) is 25.2 Å². The standard InChI is InChI=1S/C20H32N2O4/c1-3-5-9-17(13-21)15-25-19(23)11-7-8-12-20(24)26-16-18(14-22)10-6-4-2/h17-18H,3-12,15-16H2,1-2H3. The number of esters is 2. The molecule has 26 heavy (non-hydrogen) atoms. The maximum absolute atomic E-state index is 11.7. The van der Waals surface area contributed by atoms with E-state index in [-0.39, 0.29) is 49.8 Å². The Balaban J connectivity index is 3.77. The minimum Gasteiger partial charge on any atom is -0.464 e. The lowest BCUT2D eigenvalue weighted by atomic mass is 10.1. The Kier molecular flexibility index (Phi) is 15.1. The van der Waals surface area contributed by atoms with Crippen molar-refractivity contribution in [3.05, 3.63) is 0 Å². The highest BCUT2D eigenvalue weighted by molar-refractivity contribution is 5.70. The van der Waals surface area contributed by atoms with Crippen molar-refractivity contribution in [1.82, 2.24) is 0 Å². The van der Waals surface area contributed by atoms with Crippen molar-refractivity contribution < 1.29 is 19.1 Å². The summed E-state index contributed by atoms with van der Waals surface area (Å²) in [5.74, 6) is -1.15. The quantitative estimate of drug-likeness (QED) is 0.317. The Morgan fingerprint density at radius 1 is 0.769 bits per heavy atom. The van der Waals surface area contributed by atoms with Crippen molar-refractivity contribution in [3.8, 4) is 12.1 Å². The molecule has 0 aromatic rings. The van der Waals surface area contributed by atoms with E-state index in [0.29, 0.717) is 12.8 Å². The number of carbonyl (C=O) groups excluding carboxylic acids is 2. The van der Waals surface area contributed by atoms with Gasteiger partial charge < -0.3 is 9.47 Å². The fraction of sp³-hybridized carbons (Fsp3) is 0.800. The predicted molar refractivity (Wildman–Crippen MR) is 97.6 cm³/mol. The topological polar surface area (TPSA) is 100 Å². The maximum atomic E-state index is 11.7. The molecule has 146 valence electrons.